The van der Waals surface area contributed by atoms with Crippen LogP contribution in [0.1, 0.15) is 11.4 Å². The Hall–Kier alpha value is -2.44. The van der Waals surface area contributed by atoms with Crippen molar-refractivity contribution in [1.82, 2.24) is 14.8 Å². The highest BCUT2D eigenvalue weighted by atomic mass is 35.5. The van der Waals surface area contributed by atoms with Gasteiger partial charge in [0.25, 0.3) is 0 Å². The predicted molar refractivity (Wildman–Crippen MR) is 109 cm³/mol. The number of ether oxygens (including phenoxy) is 2. The molecule has 1 aromatic heterocycles. The van der Waals surface area contributed by atoms with E-state index in [0.717, 1.165) is 38.8 Å². The molecular weight excluding hydrogens is 382 g/mol. The number of rotatable bonds is 9. The molecule has 0 amide bonds. The first-order valence-corrected chi connectivity index (χ1v) is 9.73. The molecule has 2 aromatic carbocycles. The van der Waals surface area contributed by atoms with Gasteiger partial charge in [-0.25, -0.2) is 0 Å². The summed E-state index contributed by atoms with van der Waals surface area (Å²) < 4.78 is 13.0. The van der Waals surface area contributed by atoms with E-state index in [1.807, 2.05) is 59.2 Å². The quantitative estimate of drug-likeness (QED) is 0.373. The van der Waals surface area contributed by atoms with E-state index < -0.39 is 0 Å². The lowest BCUT2D eigenvalue weighted by Gasteiger charge is -2.09. The van der Waals surface area contributed by atoms with Gasteiger partial charge in [-0.1, -0.05) is 41.6 Å². The molecule has 3 rings (SSSR count). The fourth-order valence-electron chi connectivity index (χ4n) is 2.44. The third-order valence-corrected chi connectivity index (χ3v) is 5.06. The van der Waals surface area contributed by atoms with E-state index in [-0.39, 0.29) is 0 Å². The second kappa shape index (κ2) is 9.48. The van der Waals surface area contributed by atoms with Crippen molar-refractivity contribution in [2.75, 3.05) is 7.11 Å². The van der Waals surface area contributed by atoms with Gasteiger partial charge in [-0.05, 0) is 42.0 Å². The number of benzene rings is 2. The lowest BCUT2D eigenvalue weighted by atomic mass is 10.2. The number of halogens is 1. The average molecular weight is 402 g/mol. The van der Waals surface area contributed by atoms with Gasteiger partial charge in [-0.15, -0.1) is 16.8 Å². The van der Waals surface area contributed by atoms with E-state index in [2.05, 4.69) is 16.8 Å². The second-order valence-electron chi connectivity index (χ2n) is 5.68. The van der Waals surface area contributed by atoms with Crippen LogP contribution in [-0.4, -0.2) is 21.9 Å². The Kier molecular flexibility index (Phi) is 6.79. The van der Waals surface area contributed by atoms with Gasteiger partial charge >= 0.3 is 0 Å². The van der Waals surface area contributed by atoms with Gasteiger partial charge in [-0.3, -0.25) is 4.57 Å². The van der Waals surface area contributed by atoms with Crippen LogP contribution in [0.5, 0.6) is 11.5 Å². The maximum Gasteiger partial charge on any atom is 0.191 e. The van der Waals surface area contributed by atoms with E-state index in [0.29, 0.717) is 13.2 Å². The van der Waals surface area contributed by atoms with Crippen LogP contribution in [0.25, 0.3) is 0 Å². The fourth-order valence-corrected chi connectivity index (χ4v) is 3.56. The van der Waals surface area contributed by atoms with Crippen molar-refractivity contribution in [2.45, 2.75) is 24.1 Å². The molecule has 1 heterocycles. The number of hydrogen-bond donors (Lipinski definition) is 0. The third-order valence-electron chi connectivity index (χ3n) is 3.79. The van der Waals surface area contributed by atoms with Crippen molar-refractivity contribution in [3.8, 4) is 11.5 Å². The standard InChI is InChI=1S/C20H20ClN3O2S/c1-3-11-24-19(13-26-18-9-7-17(25-2)8-10-18)22-23-20(24)27-14-15-5-4-6-16(21)12-15/h3-10,12H,1,11,13-14H2,2H3. The molecule has 0 spiro atoms. The maximum absolute atomic E-state index is 6.05. The minimum Gasteiger partial charge on any atom is -0.497 e. The lowest BCUT2D eigenvalue weighted by molar-refractivity contribution is 0.288. The highest BCUT2D eigenvalue weighted by Crippen LogP contribution is 2.24. The Labute approximate surface area is 168 Å². The largest absolute Gasteiger partial charge is 0.497 e. The number of methoxy groups -OCH3 is 1. The molecule has 5 nitrogen and oxygen atoms in total. The first-order valence-electron chi connectivity index (χ1n) is 8.36. The molecule has 0 atom stereocenters. The molecule has 3 aromatic rings. The van der Waals surface area contributed by atoms with Crippen molar-refractivity contribution >= 4 is 23.4 Å². The summed E-state index contributed by atoms with van der Waals surface area (Å²) in [7, 11) is 1.64. The first kappa shape index (κ1) is 19.3. The molecular formula is C20H20ClN3O2S. The molecule has 140 valence electrons. The lowest BCUT2D eigenvalue weighted by Crippen LogP contribution is -2.07. The van der Waals surface area contributed by atoms with Gasteiger partial charge in [0.1, 0.15) is 18.1 Å². The molecule has 0 fully saturated rings. The number of hydrogen-bond acceptors (Lipinski definition) is 5. The van der Waals surface area contributed by atoms with Crippen LogP contribution in [0.3, 0.4) is 0 Å². The summed E-state index contributed by atoms with van der Waals surface area (Å²) in [6.45, 7) is 4.77. The molecule has 0 unspecified atom stereocenters. The molecule has 0 saturated carbocycles. The van der Waals surface area contributed by atoms with Crippen LogP contribution in [0, 0.1) is 0 Å². The molecule has 7 heteroatoms. The monoisotopic (exact) mass is 401 g/mol. The zero-order chi connectivity index (χ0) is 19.1. The summed E-state index contributed by atoms with van der Waals surface area (Å²) >= 11 is 7.66. The maximum atomic E-state index is 6.05. The summed E-state index contributed by atoms with van der Waals surface area (Å²) in [5.41, 5.74) is 1.14. The SMILES string of the molecule is C=CCn1c(COc2ccc(OC)cc2)nnc1SCc1cccc(Cl)c1. The normalized spacial score (nSPS) is 10.6. The molecule has 0 radical (unpaired) electrons. The fraction of sp³-hybridized carbons (Fsp3) is 0.200. The van der Waals surface area contributed by atoms with E-state index in [1.54, 1.807) is 18.9 Å². The van der Waals surface area contributed by atoms with Crippen LogP contribution in [0.15, 0.2) is 66.3 Å². The summed E-state index contributed by atoms with van der Waals surface area (Å²) in [6.07, 6.45) is 1.82. The molecule has 27 heavy (non-hydrogen) atoms. The zero-order valence-electron chi connectivity index (χ0n) is 15.0. The van der Waals surface area contributed by atoms with Crippen LogP contribution >= 0.6 is 23.4 Å². The minimum absolute atomic E-state index is 0.324. The molecule has 0 bridgehead atoms. The van der Waals surface area contributed by atoms with Gasteiger partial charge in [0.05, 0.1) is 7.11 Å². The second-order valence-corrected chi connectivity index (χ2v) is 7.06. The molecule has 0 aliphatic carbocycles. The topological polar surface area (TPSA) is 49.2 Å². The molecule has 0 saturated heterocycles. The number of thioether (sulfide) groups is 1. The highest BCUT2D eigenvalue weighted by molar-refractivity contribution is 7.98. The predicted octanol–water partition coefficient (Wildman–Crippen LogP) is 5.00. The summed E-state index contributed by atoms with van der Waals surface area (Å²) in [4.78, 5) is 0. The molecule has 0 aliphatic heterocycles. The minimum atomic E-state index is 0.324. The summed E-state index contributed by atoms with van der Waals surface area (Å²) in [5.74, 6) is 3.04. The average Bonchev–Trinajstić information content (AvgIpc) is 3.07. The smallest absolute Gasteiger partial charge is 0.191 e. The van der Waals surface area contributed by atoms with Gasteiger partial charge in [0.15, 0.2) is 11.0 Å². The van der Waals surface area contributed by atoms with Crippen LogP contribution < -0.4 is 9.47 Å². The Morgan fingerprint density at radius 1 is 1.15 bits per heavy atom. The van der Waals surface area contributed by atoms with Crippen molar-refractivity contribution in [1.29, 1.82) is 0 Å². The van der Waals surface area contributed by atoms with E-state index in [4.69, 9.17) is 21.1 Å². The van der Waals surface area contributed by atoms with Crippen molar-refractivity contribution in [2.24, 2.45) is 0 Å². The van der Waals surface area contributed by atoms with E-state index in [9.17, 15) is 0 Å². The Morgan fingerprint density at radius 3 is 2.63 bits per heavy atom. The Bertz CT molecular complexity index is 896. The third kappa shape index (κ3) is 5.28. The van der Waals surface area contributed by atoms with Crippen LogP contribution in [0.4, 0.5) is 0 Å². The number of aromatic nitrogens is 3. The van der Waals surface area contributed by atoms with Gasteiger partial charge in [0, 0.05) is 17.3 Å². The summed E-state index contributed by atoms with van der Waals surface area (Å²) in [5, 5.41) is 10.1. The van der Waals surface area contributed by atoms with Gasteiger partial charge in [0.2, 0.25) is 0 Å². The summed E-state index contributed by atoms with van der Waals surface area (Å²) in [6, 6.07) is 15.2. The zero-order valence-corrected chi connectivity index (χ0v) is 16.5. The van der Waals surface area contributed by atoms with Crippen molar-refractivity contribution in [3.63, 3.8) is 0 Å². The van der Waals surface area contributed by atoms with Crippen LogP contribution in [-0.2, 0) is 18.9 Å². The van der Waals surface area contributed by atoms with Crippen molar-refractivity contribution < 1.29 is 9.47 Å². The number of nitrogens with zero attached hydrogens (tertiary/aromatic N) is 3. The van der Waals surface area contributed by atoms with Crippen molar-refractivity contribution in [3.05, 3.63) is 77.6 Å². The Balaban J connectivity index is 1.67. The van der Waals surface area contributed by atoms with Crippen LogP contribution in [0.2, 0.25) is 5.02 Å². The van der Waals surface area contributed by atoms with E-state index >= 15 is 0 Å². The molecule has 0 aliphatic rings. The van der Waals surface area contributed by atoms with E-state index in [1.165, 1.54) is 0 Å². The molecule has 0 N–H and O–H groups in total. The van der Waals surface area contributed by atoms with Gasteiger partial charge < -0.3 is 9.47 Å². The van der Waals surface area contributed by atoms with Gasteiger partial charge in [-0.2, -0.15) is 0 Å². The number of allylic oxidation sites excluding steroid dienone is 1. The Morgan fingerprint density at radius 2 is 1.93 bits per heavy atom. The first-order chi connectivity index (χ1) is 13.2. The highest BCUT2D eigenvalue weighted by Gasteiger charge is 2.13.